The molecule has 108 valence electrons. The lowest BCUT2D eigenvalue weighted by molar-refractivity contribution is 0.756. The third kappa shape index (κ3) is 2.95. The average Bonchev–Trinajstić information content (AvgIpc) is 3.08. The van der Waals surface area contributed by atoms with E-state index < -0.39 is 0 Å². The molecule has 21 heavy (non-hydrogen) atoms. The lowest BCUT2D eigenvalue weighted by atomic mass is 10.2. The fourth-order valence-electron chi connectivity index (χ4n) is 2.26. The number of aromatic nitrogens is 4. The smallest absolute Gasteiger partial charge is 0.225 e. The zero-order valence-electron chi connectivity index (χ0n) is 12.3. The van der Waals surface area contributed by atoms with Gasteiger partial charge < -0.3 is 4.90 Å². The summed E-state index contributed by atoms with van der Waals surface area (Å²) in [4.78, 5) is 11.1. The summed E-state index contributed by atoms with van der Waals surface area (Å²) in [7, 11) is 3.92. The predicted molar refractivity (Wildman–Crippen MR) is 85.4 cm³/mol. The van der Waals surface area contributed by atoms with Gasteiger partial charge in [0, 0.05) is 38.6 Å². The Morgan fingerprint density at radius 2 is 2.19 bits per heavy atom. The Labute approximate surface area is 127 Å². The maximum Gasteiger partial charge on any atom is 0.225 e. The molecule has 0 radical (unpaired) electrons. The van der Waals surface area contributed by atoms with Gasteiger partial charge in [-0.25, -0.2) is 9.97 Å². The third-order valence-corrected chi connectivity index (χ3v) is 4.01. The van der Waals surface area contributed by atoms with E-state index in [1.807, 2.05) is 38.0 Å². The molecule has 0 aliphatic rings. The predicted octanol–water partition coefficient (Wildman–Crippen LogP) is 2.88. The Balaban J connectivity index is 1.87. The van der Waals surface area contributed by atoms with Gasteiger partial charge >= 0.3 is 0 Å². The van der Waals surface area contributed by atoms with Gasteiger partial charge in [0.05, 0.1) is 11.4 Å². The van der Waals surface area contributed by atoms with Crippen LogP contribution < -0.4 is 4.90 Å². The van der Waals surface area contributed by atoms with Gasteiger partial charge in [-0.2, -0.15) is 16.4 Å². The third-order valence-electron chi connectivity index (χ3n) is 3.27. The second-order valence-electron chi connectivity index (χ2n) is 5.03. The van der Waals surface area contributed by atoms with Crippen molar-refractivity contribution in [3.05, 3.63) is 46.5 Å². The lowest BCUT2D eigenvalue weighted by Crippen LogP contribution is -2.18. The molecule has 0 atom stereocenters. The summed E-state index contributed by atoms with van der Waals surface area (Å²) < 4.78 is 1.81. The van der Waals surface area contributed by atoms with Crippen molar-refractivity contribution in [3.63, 3.8) is 0 Å². The van der Waals surface area contributed by atoms with E-state index in [-0.39, 0.29) is 0 Å². The van der Waals surface area contributed by atoms with Gasteiger partial charge in [0.15, 0.2) is 0 Å². The minimum Gasteiger partial charge on any atom is -0.340 e. The molecule has 0 aliphatic heterocycles. The van der Waals surface area contributed by atoms with E-state index in [0.29, 0.717) is 0 Å². The minimum atomic E-state index is 0.724. The van der Waals surface area contributed by atoms with Crippen LogP contribution in [-0.2, 0) is 13.6 Å². The molecule has 0 bridgehead atoms. The van der Waals surface area contributed by atoms with Gasteiger partial charge in [-0.15, -0.1) is 0 Å². The molecule has 3 aromatic heterocycles. The Morgan fingerprint density at radius 1 is 1.33 bits per heavy atom. The van der Waals surface area contributed by atoms with Gasteiger partial charge in [-0.3, -0.25) is 4.68 Å². The first-order chi connectivity index (χ1) is 10.1. The van der Waals surface area contributed by atoms with Crippen molar-refractivity contribution in [1.29, 1.82) is 0 Å². The molecular weight excluding hydrogens is 282 g/mol. The zero-order valence-corrected chi connectivity index (χ0v) is 13.1. The van der Waals surface area contributed by atoms with Crippen LogP contribution in [0.5, 0.6) is 0 Å². The van der Waals surface area contributed by atoms with Crippen LogP contribution in [0.4, 0.5) is 5.95 Å². The van der Waals surface area contributed by atoms with Gasteiger partial charge in [0.2, 0.25) is 5.95 Å². The molecule has 0 unspecified atom stereocenters. The van der Waals surface area contributed by atoms with Crippen molar-refractivity contribution in [2.75, 3.05) is 11.9 Å². The summed E-state index contributed by atoms with van der Waals surface area (Å²) in [5, 5.41) is 8.59. The number of rotatable bonds is 4. The van der Waals surface area contributed by atoms with E-state index in [2.05, 4.69) is 36.8 Å². The summed E-state index contributed by atoms with van der Waals surface area (Å²) in [5.74, 6) is 0.724. The molecule has 0 fully saturated rings. The first-order valence-corrected chi connectivity index (χ1v) is 7.63. The van der Waals surface area contributed by atoms with Crippen molar-refractivity contribution in [3.8, 4) is 11.3 Å². The molecule has 3 heterocycles. The zero-order chi connectivity index (χ0) is 14.8. The summed E-state index contributed by atoms with van der Waals surface area (Å²) in [6.07, 6.45) is 3.79. The molecule has 0 aromatic carbocycles. The molecule has 0 spiro atoms. The van der Waals surface area contributed by atoms with Crippen molar-refractivity contribution in [2.24, 2.45) is 7.05 Å². The molecule has 3 aromatic rings. The van der Waals surface area contributed by atoms with Crippen LogP contribution in [0, 0.1) is 6.92 Å². The highest BCUT2D eigenvalue weighted by Gasteiger charge is 2.11. The van der Waals surface area contributed by atoms with Crippen molar-refractivity contribution >= 4 is 17.3 Å². The highest BCUT2D eigenvalue weighted by molar-refractivity contribution is 7.07. The van der Waals surface area contributed by atoms with Crippen LogP contribution in [0.1, 0.15) is 11.3 Å². The van der Waals surface area contributed by atoms with Crippen molar-refractivity contribution in [1.82, 2.24) is 19.7 Å². The van der Waals surface area contributed by atoms with Crippen LogP contribution in [0.15, 0.2) is 35.3 Å². The second kappa shape index (κ2) is 5.65. The molecule has 0 aliphatic carbocycles. The van der Waals surface area contributed by atoms with Crippen LogP contribution >= 0.6 is 11.3 Å². The topological polar surface area (TPSA) is 46.8 Å². The van der Waals surface area contributed by atoms with Crippen molar-refractivity contribution in [2.45, 2.75) is 13.5 Å². The Kier molecular flexibility index (Phi) is 3.70. The highest BCUT2D eigenvalue weighted by Crippen LogP contribution is 2.22. The maximum atomic E-state index is 4.66. The Hall–Kier alpha value is -2.21. The number of hydrogen-bond donors (Lipinski definition) is 0. The number of hydrogen-bond acceptors (Lipinski definition) is 5. The van der Waals surface area contributed by atoms with E-state index in [9.17, 15) is 0 Å². The number of thiophene rings is 1. The standard InChI is InChI=1S/C15H17N5S/c1-11-13(9-20(3)18-11)14-4-6-16-15(17-14)19(2)8-12-5-7-21-10-12/h4-7,9-10H,8H2,1-3H3. The quantitative estimate of drug-likeness (QED) is 0.743. The summed E-state index contributed by atoms with van der Waals surface area (Å²) in [5.41, 5.74) is 4.20. The molecule has 0 saturated heterocycles. The van der Waals surface area contributed by atoms with Gasteiger partial charge in [-0.05, 0) is 35.4 Å². The van der Waals surface area contributed by atoms with Gasteiger partial charge in [-0.1, -0.05) is 0 Å². The van der Waals surface area contributed by atoms with E-state index in [4.69, 9.17) is 0 Å². The SMILES string of the molecule is Cc1nn(C)cc1-c1ccnc(N(C)Cc2ccsc2)n1. The number of aryl methyl sites for hydroxylation is 2. The largest absolute Gasteiger partial charge is 0.340 e. The Morgan fingerprint density at radius 3 is 2.86 bits per heavy atom. The summed E-state index contributed by atoms with van der Waals surface area (Å²) >= 11 is 1.70. The molecule has 0 amide bonds. The summed E-state index contributed by atoms with van der Waals surface area (Å²) in [6.45, 7) is 2.80. The Bertz CT molecular complexity index is 732. The van der Waals surface area contributed by atoms with Gasteiger partial charge in [0.25, 0.3) is 0 Å². The summed E-state index contributed by atoms with van der Waals surface area (Å²) in [6, 6.07) is 4.04. The number of nitrogens with zero attached hydrogens (tertiary/aromatic N) is 5. The molecule has 3 rings (SSSR count). The normalized spacial score (nSPS) is 10.8. The fourth-order valence-corrected chi connectivity index (χ4v) is 2.92. The molecule has 0 N–H and O–H groups in total. The molecular formula is C15H17N5S. The van der Waals surface area contributed by atoms with E-state index in [1.165, 1.54) is 5.56 Å². The first kappa shape index (κ1) is 13.8. The highest BCUT2D eigenvalue weighted by atomic mass is 32.1. The van der Waals surface area contributed by atoms with Crippen LogP contribution in [0.25, 0.3) is 11.3 Å². The van der Waals surface area contributed by atoms with E-state index >= 15 is 0 Å². The van der Waals surface area contributed by atoms with E-state index in [0.717, 1.165) is 29.4 Å². The average molecular weight is 299 g/mol. The minimum absolute atomic E-state index is 0.724. The monoisotopic (exact) mass is 299 g/mol. The maximum absolute atomic E-state index is 4.66. The van der Waals surface area contributed by atoms with E-state index in [1.54, 1.807) is 17.5 Å². The number of anilines is 1. The second-order valence-corrected chi connectivity index (χ2v) is 5.81. The van der Waals surface area contributed by atoms with Crippen LogP contribution in [0.2, 0.25) is 0 Å². The molecule has 5 nitrogen and oxygen atoms in total. The molecule has 6 heteroatoms. The van der Waals surface area contributed by atoms with Crippen LogP contribution in [-0.4, -0.2) is 26.8 Å². The molecule has 0 saturated carbocycles. The van der Waals surface area contributed by atoms with Crippen molar-refractivity contribution < 1.29 is 0 Å². The fraction of sp³-hybridized carbons (Fsp3) is 0.267. The van der Waals surface area contributed by atoms with Gasteiger partial charge in [0.1, 0.15) is 0 Å². The lowest BCUT2D eigenvalue weighted by Gasteiger charge is -2.16. The van der Waals surface area contributed by atoms with Crippen LogP contribution in [0.3, 0.4) is 0 Å². The first-order valence-electron chi connectivity index (χ1n) is 6.69.